The molecular weight excluding hydrogens is 362 g/mol. The zero-order valence-electron chi connectivity index (χ0n) is 16.1. The molecule has 0 unspecified atom stereocenters. The number of methoxy groups -OCH3 is 1. The van der Waals surface area contributed by atoms with Crippen LogP contribution in [0.4, 0.5) is 11.5 Å². The lowest BCUT2D eigenvalue weighted by molar-refractivity contribution is 0.398. The van der Waals surface area contributed by atoms with Crippen molar-refractivity contribution >= 4 is 33.3 Å². The summed E-state index contributed by atoms with van der Waals surface area (Å²) in [6, 6.07) is 22.4. The van der Waals surface area contributed by atoms with Crippen LogP contribution < -0.4 is 10.1 Å². The molecule has 6 nitrogen and oxygen atoms in total. The molecule has 2 heterocycles. The van der Waals surface area contributed by atoms with Gasteiger partial charge < -0.3 is 10.1 Å². The van der Waals surface area contributed by atoms with Gasteiger partial charge in [0.05, 0.1) is 18.1 Å². The minimum atomic E-state index is 0.512. The van der Waals surface area contributed by atoms with E-state index in [1.165, 1.54) is 5.56 Å². The molecule has 2 aromatic heterocycles. The standard InChI is InChI=1S/C23H19N5O/c1-15-6-5-7-17(12-15)28-14-24-20-13-16(10-11-21(20)28)25-22-18-8-3-4-9-19(18)23(29-2)27-26-22/h3-14H,1-2H3,(H,25,26). The third kappa shape index (κ3) is 3.04. The monoisotopic (exact) mass is 381 g/mol. The van der Waals surface area contributed by atoms with E-state index >= 15 is 0 Å². The Morgan fingerprint density at radius 2 is 1.76 bits per heavy atom. The van der Waals surface area contributed by atoms with Crippen LogP contribution >= 0.6 is 0 Å². The van der Waals surface area contributed by atoms with Crippen molar-refractivity contribution in [2.75, 3.05) is 12.4 Å². The molecule has 0 amide bonds. The van der Waals surface area contributed by atoms with E-state index in [4.69, 9.17) is 4.74 Å². The highest BCUT2D eigenvalue weighted by molar-refractivity contribution is 5.96. The number of hydrogen-bond acceptors (Lipinski definition) is 5. The Balaban J connectivity index is 1.54. The lowest BCUT2D eigenvalue weighted by atomic mass is 10.1. The average Bonchev–Trinajstić information content (AvgIpc) is 3.17. The second-order valence-electron chi connectivity index (χ2n) is 6.89. The number of nitrogens with one attached hydrogen (secondary N) is 1. The van der Waals surface area contributed by atoms with Crippen molar-refractivity contribution in [1.82, 2.24) is 19.7 Å². The van der Waals surface area contributed by atoms with Gasteiger partial charge in [0.1, 0.15) is 6.33 Å². The Kier molecular flexibility index (Phi) is 4.09. The Morgan fingerprint density at radius 1 is 0.897 bits per heavy atom. The smallest absolute Gasteiger partial charge is 0.241 e. The zero-order valence-corrected chi connectivity index (χ0v) is 16.1. The Morgan fingerprint density at radius 3 is 2.59 bits per heavy atom. The molecule has 3 aromatic carbocycles. The number of imidazole rings is 1. The van der Waals surface area contributed by atoms with Crippen LogP contribution in [0.2, 0.25) is 0 Å². The predicted octanol–water partition coefficient (Wildman–Crippen LogP) is 5.03. The molecule has 5 rings (SSSR count). The summed E-state index contributed by atoms with van der Waals surface area (Å²) in [6.45, 7) is 2.09. The number of nitrogens with zero attached hydrogens (tertiary/aromatic N) is 4. The second kappa shape index (κ2) is 6.91. The first kappa shape index (κ1) is 17.2. The van der Waals surface area contributed by atoms with Crippen molar-refractivity contribution in [3.8, 4) is 11.6 Å². The normalized spacial score (nSPS) is 11.1. The van der Waals surface area contributed by atoms with Gasteiger partial charge in [0, 0.05) is 22.1 Å². The third-order valence-electron chi connectivity index (χ3n) is 4.94. The number of anilines is 2. The summed E-state index contributed by atoms with van der Waals surface area (Å²) < 4.78 is 7.42. The van der Waals surface area contributed by atoms with Gasteiger partial charge in [0.25, 0.3) is 0 Å². The quantitative estimate of drug-likeness (QED) is 0.473. The maximum absolute atomic E-state index is 5.33. The number of aromatic nitrogens is 4. The SMILES string of the molecule is COc1nnc(Nc2ccc3c(c2)ncn3-c2cccc(C)c2)c2ccccc12. The zero-order chi connectivity index (χ0) is 19.8. The second-order valence-corrected chi connectivity index (χ2v) is 6.89. The van der Waals surface area contributed by atoms with Crippen LogP contribution in [0.3, 0.4) is 0 Å². The fourth-order valence-corrected chi connectivity index (χ4v) is 3.53. The molecule has 0 atom stereocenters. The molecule has 6 heteroatoms. The van der Waals surface area contributed by atoms with Gasteiger partial charge in [-0.15, -0.1) is 10.2 Å². The van der Waals surface area contributed by atoms with Gasteiger partial charge in [-0.1, -0.05) is 30.3 Å². The van der Waals surface area contributed by atoms with Crippen molar-refractivity contribution in [3.63, 3.8) is 0 Å². The molecule has 5 aromatic rings. The molecule has 29 heavy (non-hydrogen) atoms. The van der Waals surface area contributed by atoms with Gasteiger partial charge in [-0.05, 0) is 48.9 Å². The first-order chi connectivity index (χ1) is 14.2. The van der Waals surface area contributed by atoms with Crippen molar-refractivity contribution < 1.29 is 4.74 Å². The summed E-state index contributed by atoms with van der Waals surface area (Å²) in [5.41, 5.74) is 5.17. The molecule has 0 bridgehead atoms. The summed E-state index contributed by atoms with van der Waals surface area (Å²) in [6.07, 6.45) is 1.85. The Bertz CT molecular complexity index is 1340. The van der Waals surface area contributed by atoms with Crippen molar-refractivity contribution in [2.24, 2.45) is 0 Å². The average molecular weight is 381 g/mol. The molecule has 142 valence electrons. The minimum Gasteiger partial charge on any atom is -0.479 e. The van der Waals surface area contributed by atoms with Crippen molar-refractivity contribution in [2.45, 2.75) is 6.92 Å². The van der Waals surface area contributed by atoms with E-state index in [2.05, 4.69) is 62.3 Å². The highest BCUT2D eigenvalue weighted by atomic mass is 16.5. The highest BCUT2D eigenvalue weighted by Gasteiger charge is 2.11. The summed E-state index contributed by atoms with van der Waals surface area (Å²) in [4.78, 5) is 4.58. The van der Waals surface area contributed by atoms with Gasteiger partial charge in [-0.3, -0.25) is 4.57 Å². The van der Waals surface area contributed by atoms with Gasteiger partial charge in [-0.25, -0.2) is 4.98 Å². The fourth-order valence-electron chi connectivity index (χ4n) is 3.53. The molecule has 0 radical (unpaired) electrons. The van der Waals surface area contributed by atoms with Gasteiger partial charge >= 0.3 is 0 Å². The van der Waals surface area contributed by atoms with E-state index in [9.17, 15) is 0 Å². The highest BCUT2D eigenvalue weighted by Crippen LogP contribution is 2.30. The first-order valence-corrected chi connectivity index (χ1v) is 9.33. The van der Waals surface area contributed by atoms with Crippen LogP contribution in [0.25, 0.3) is 27.5 Å². The number of hydrogen-bond donors (Lipinski definition) is 1. The van der Waals surface area contributed by atoms with E-state index in [0.29, 0.717) is 11.7 Å². The number of rotatable bonds is 4. The lowest BCUT2D eigenvalue weighted by Crippen LogP contribution is -1.99. The van der Waals surface area contributed by atoms with E-state index in [-0.39, 0.29) is 0 Å². The van der Waals surface area contributed by atoms with Gasteiger partial charge in [0.15, 0.2) is 5.82 Å². The molecule has 0 fully saturated rings. The number of benzene rings is 3. The fraction of sp³-hybridized carbons (Fsp3) is 0.0870. The van der Waals surface area contributed by atoms with Crippen molar-refractivity contribution in [1.29, 1.82) is 0 Å². The van der Waals surface area contributed by atoms with E-state index in [1.807, 2.05) is 42.7 Å². The number of aryl methyl sites for hydroxylation is 1. The summed E-state index contributed by atoms with van der Waals surface area (Å²) in [5, 5.41) is 13.7. The minimum absolute atomic E-state index is 0.512. The Labute approximate surface area is 167 Å². The predicted molar refractivity (Wildman–Crippen MR) is 115 cm³/mol. The largest absolute Gasteiger partial charge is 0.479 e. The maximum Gasteiger partial charge on any atom is 0.241 e. The molecule has 0 spiro atoms. The number of fused-ring (bicyclic) bond motifs is 2. The third-order valence-corrected chi connectivity index (χ3v) is 4.94. The lowest BCUT2D eigenvalue weighted by Gasteiger charge is -2.10. The van der Waals surface area contributed by atoms with E-state index < -0.39 is 0 Å². The van der Waals surface area contributed by atoms with E-state index in [0.717, 1.165) is 33.2 Å². The summed E-state index contributed by atoms with van der Waals surface area (Å²) >= 11 is 0. The maximum atomic E-state index is 5.33. The molecule has 0 aliphatic carbocycles. The molecule has 1 N–H and O–H groups in total. The van der Waals surface area contributed by atoms with Crippen LogP contribution in [0.15, 0.2) is 73.1 Å². The summed E-state index contributed by atoms with van der Waals surface area (Å²) in [5.74, 6) is 1.19. The van der Waals surface area contributed by atoms with Crippen molar-refractivity contribution in [3.05, 3.63) is 78.6 Å². The topological polar surface area (TPSA) is 64.9 Å². The van der Waals surface area contributed by atoms with E-state index in [1.54, 1.807) is 7.11 Å². The van der Waals surface area contributed by atoms with Gasteiger partial charge in [-0.2, -0.15) is 0 Å². The Hall–Kier alpha value is -3.93. The van der Waals surface area contributed by atoms with Crippen LogP contribution in [-0.4, -0.2) is 26.9 Å². The molecular formula is C23H19N5O. The molecule has 0 aliphatic heterocycles. The van der Waals surface area contributed by atoms with Crippen LogP contribution in [0.1, 0.15) is 5.56 Å². The molecule has 0 saturated heterocycles. The molecule has 0 saturated carbocycles. The molecule has 0 aliphatic rings. The number of ether oxygens (including phenoxy) is 1. The summed E-state index contributed by atoms with van der Waals surface area (Å²) in [7, 11) is 1.60. The van der Waals surface area contributed by atoms with Crippen LogP contribution in [0, 0.1) is 6.92 Å². The van der Waals surface area contributed by atoms with Crippen LogP contribution in [-0.2, 0) is 0 Å². The first-order valence-electron chi connectivity index (χ1n) is 9.33. The van der Waals surface area contributed by atoms with Gasteiger partial charge in [0.2, 0.25) is 5.88 Å². The van der Waals surface area contributed by atoms with Crippen LogP contribution in [0.5, 0.6) is 5.88 Å².